The molecule has 144 valence electrons. The number of amides is 2. The molecule has 0 spiro atoms. The molecule has 3 aromatic carbocycles. The Bertz CT molecular complexity index is 1220. The second-order valence-electron chi connectivity index (χ2n) is 6.32. The summed E-state index contributed by atoms with van der Waals surface area (Å²) in [6.45, 7) is 0. The van der Waals surface area contributed by atoms with Crippen molar-refractivity contribution in [3.63, 3.8) is 0 Å². The number of nitrogens with one attached hydrogen (secondary N) is 3. The van der Waals surface area contributed by atoms with E-state index in [1.54, 1.807) is 5.48 Å². The van der Waals surface area contributed by atoms with Gasteiger partial charge in [-0.05, 0) is 59.7 Å². The van der Waals surface area contributed by atoms with Gasteiger partial charge in [0.2, 0.25) is 0 Å². The van der Waals surface area contributed by atoms with Gasteiger partial charge in [0, 0.05) is 21.5 Å². The number of aromatic amines is 1. The van der Waals surface area contributed by atoms with Crippen LogP contribution in [0.25, 0.3) is 22.0 Å². The van der Waals surface area contributed by atoms with Crippen molar-refractivity contribution in [3.05, 3.63) is 82.9 Å². The lowest BCUT2D eigenvalue weighted by molar-refractivity contribution is 0.0706. The third kappa shape index (κ3) is 3.82. The Morgan fingerprint density at radius 1 is 0.897 bits per heavy atom. The molecule has 0 aliphatic heterocycles. The van der Waals surface area contributed by atoms with Crippen molar-refractivity contribution in [2.45, 2.75) is 0 Å². The number of carbonyl (C=O) groups excluding carboxylic acids is 2. The van der Waals surface area contributed by atoms with E-state index in [2.05, 4.69) is 15.5 Å². The minimum atomic E-state index is -0.647. The van der Waals surface area contributed by atoms with Gasteiger partial charge in [0.1, 0.15) is 0 Å². The quantitative estimate of drug-likeness (QED) is 0.300. The Hall–Kier alpha value is -3.68. The van der Waals surface area contributed by atoms with Crippen LogP contribution in [-0.4, -0.2) is 27.2 Å². The van der Waals surface area contributed by atoms with Crippen molar-refractivity contribution in [2.24, 2.45) is 0 Å². The van der Waals surface area contributed by atoms with Gasteiger partial charge >= 0.3 is 0 Å². The van der Waals surface area contributed by atoms with Gasteiger partial charge in [-0.2, -0.15) is 5.10 Å². The van der Waals surface area contributed by atoms with Crippen LogP contribution >= 0.6 is 11.6 Å². The van der Waals surface area contributed by atoms with Crippen LogP contribution in [0.2, 0.25) is 5.02 Å². The van der Waals surface area contributed by atoms with Gasteiger partial charge in [-0.25, -0.2) is 5.48 Å². The van der Waals surface area contributed by atoms with E-state index in [-0.39, 0.29) is 11.5 Å². The van der Waals surface area contributed by atoms with E-state index in [1.807, 2.05) is 42.5 Å². The number of hydrogen-bond donors (Lipinski definition) is 4. The molecule has 0 saturated carbocycles. The number of anilines is 1. The zero-order valence-corrected chi connectivity index (χ0v) is 15.7. The summed E-state index contributed by atoms with van der Waals surface area (Å²) >= 11 is 6.07. The Morgan fingerprint density at radius 2 is 1.59 bits per heavy atom. The van der Waals surface area contributed by atoms with Gasteiger partial charge in [-0.1, -0.05) is 29.8 Å². The van der Waals surface area contributed by atoms with Crippen LogP contribution in [0.15, 0.2) is 66.7 Å². The molecule has 4 aromatic rings. The number of benzene rings is 3. The average molecular weight is 407 g/mol. The van der Waals surface area contributed by atoms with E-state index in [1.165, 1.54) is 24.3 Å². The zero-order chi connectivity index (χ0) is 20.4. The molecule has 1 heterocycles. The Balaban J connectivity index is 1.57. The monoisotopic (exact) mass is 406 g/mol. The maximum Gasteiger partial charge on any atom is 0.274 e. The first kappa shape index (κ1) is 18.7. The van der Waals surface area contributed by atoms with Gasteiger partial charge in [-0.3, -0.25) is 19.9 Å². The number of hydrogen-bond acceptors (Lipinski definition) is 4. The maximum absolute atomic E-state index is 12.5. The summed E-state index contributed by atoms with van der Waals surface area (Å²) in [7, 11) is 0. The molecule has 1 aromatic heterocycles. The number of halogens is 1. The van der Waals surface area contributed by atoms with Crippen molar-refractivity contribution >= 4 is 40.1 Å². The number of fused-ring (bicyclic) bond motifs is 1. The van der Waals surface area contributed by atoms with Crippen LogP contribution in [0.3, 0.4) is 0 Å². The molecule has 7 nitrogen and oxygen atoms in total. The van der Waals surface area contributed by atoms with Crippen molar-refractivity contribution < 1.29 is 14.8 Å². The molecular weight excluding hydrogens is 392 g/mol. The van der Waals surface area contributed by atoms with Crippen LogP contribution in [0.1, 0.15) is 20.7 Å². The lowest BCUT2D eigenvalue weighted by atomic mass is 10.0. The van der Waals surface area contributed by atoms with Crippen molar-refractivity contribution in [3.8, 4) is 11.1 Å². The number of nitrogens with zero attached hydrogens (tertiary/aromatic N) is 1. The lowest BCUT2D eigenvalue weighted by Gasteiger charge is -2.05. The van der Waals surface area contributed by atoms with Crippen molar-refractivity contribution in [2.75, 3.05) is 5.32 Å². The molecule has 0 fully saturated rings. The lowest BCUT2D eigenvalue weighted by Crippen LogP contribution is -2.19. The third-order valence-electron chi connectivity index (χ3n) is 4.46. The molecule has 0 aliphatic carbocycles. The van der Waals surface area contributed by atoms with E-state index >= 15 is 0 Å². The number of aromatic nitrogens is 2. The molecular formula is C21H15ClN4O3. The molecule has 0 bridgehead atoms. The van der Waals surface area contributed by atoms with Crippen molar-refractivity contribution in [1.82, 2.24) is 15.7 Å². The van der Waals surface area contributed by atoms with Crippen molar-refractivity contribution in [1.29, 1.82) is 0 Å². The topological polar surface area (TPSA) is 107 Å². The van der Waals surface area contributed by atoms with Crippen LogP contribution in [0.4, 0.5) is 5.82 Å². The zero-order valence-electron chi connectivity index (χ0n) is 14.9. The summed E-state index contributed by atoms with van der Waals surface area (Å²) in [5, 5.41) is 19.9. The van der Waals surface area contributed by atoms with E-state index < -0.39 is 5.91 Å². The Morgan fingerprint density at radius 3 is 2.28 bits per heavy atom. The highest BCUT2D eigenvalue weighted by molar-refractivity contribution is 6.30. The number of H-pyrrole nitrogens is 1. The minimum Gasteiger partial charge on any atom is -0.305 e. The first-order chi connectivity index (χ1) is 14.0. The fourth-order valence-electron chi connectivity index (χ4n) is 2.98. The van der Waals surface area contributed by atoms with E-state index in [0.717, 1.165) is 22.0 Å². The summed E-state index contributed by atoms with van der Waals surface area (Å²) in [5.74, 6) is -0.612. The molecule has 0 saturated heterocycles. The molecule has 4 N–H and O–H groups in total. The predicted molar refractivity (Wildman–Crippen MR) is 110 cm³/mol. The van der Waals surface area contributed by atoms with Gasteiger partial charge in [0.05, 0.1) is 5.52 Å². The predicted octanol–water partition coefficient (Wildman–Crippen LogP) is 4.25. The van der Waals surface area contributed by atoms with Crippen LogP contribution in [0.5, 0.6) is 0 Å². The molecule has 0 unspecified atom stereocenters. The molecule has 29 heavy (non-hydrogen) atoms. The Labute approximate surface area is 170 Å². The molecule has 0 radical (unpaired) electrons. The number of hydroxylamine groups is 1. The normalized spacial score (nSPS) is 10.7. The minimum absolute atomic E-state index is 0.239. The molecule has 4 rings (SSSR count). The summed E-state index contributed by atoms with van der Waals surface area (Å²) in [4.78, 5) is 23.9. The van der Waals surface area contributed by atoms with Crippen LogP contribution < -0.4 is 10.8 Å². The highest BCUT2D eigenvalue weighted by Crippen LogP contribution is 2.28. The average Bonchev–Trinajstić information content (AvgIpc) is 3.15. The van der Waals surface area contributed by atoms with Gasteiger partial charge in [0.25, 0.3) is 11.8 Å². The van der Waals surface area contributed by atoms with E-state index in [0.29, 0.717) is 16.4 Å². The maximum atomic E-state index is 12.5. The summed E-state index contributed by atoms with van der Waals surface area (Å²) in [6, 6.07) is 19.2. The second kappa shape index (κ2) is 7.75. The third-order valence-corrected chi connectivity index (χ3v) is 4.70. The summed E-state index contributed by atoms with van der Waals surface area (Å²) in [6.07, 6.45) is 0. The summed E-state index contributed by atoms with van der Waals surface area (Å²) < 4.78 is 0. The molecule has 0 atom stereocenters. The number of rotatable bonds is 4. The largest absolute Gasteiger partial charge is 0.305 e. The smallest absolute Gasteiger partial charge is 0.274 e. The molecule has 2 amide bonds. The molecule has 8 heteroatoms. The standard InChI is InChI=1S/C21H15ClN4O3/c22-16-3-1-2-14(10-16)15-8-9-17-18(11-15)24-25-19(17)23-20(27)12-4-6-13(7-5-12)21(28)26-29/h1-11,29H,(H,26,28)(H2,23,24,25,27). The van der Waals surface area contributed by atoms with Gasteiger partial charge in [-0.15, -0.1) is 0 Å². The fraction of sp³-hybridized carbons (Fsp3) is 0. The highest BCUT2D eigenvalue weighted by Gasteiger charge is 2.13. The van der Waals surface area contributed by atoms with E-state index in [9.17, 15) is 9.59 Å². The second-order valence-corrected chi connectivity index (χ2v) is 6.75. The van der Waals surface area contributed by atoms with Crippen LogP contribution in [-0.2, 0) is 0 Å². The Kier molecular flexibility index (Phi) is 4.99. The van der Waals surface area contributed by atoms with Gasteiger partial charge < -0.3 is 5.32 Å². The first-order valence-electron chi connectivity index (χ1n) is 8.65. The SMILES string of the molecule is O=C(NO)c1ccc(C(=O)Nc2n[nH]c3cc(-c4cccc(Cl)c4)ccc23)cc1. The summed E-state index contributed by atoms with van der Waals surface area (Å²) in [5.41, 5.74) is 4.86. The first-order valence-corrected chi connectivity index (χ1v) is 9.03. The fourth-order valence-corrected chi connectivity index (χ4v) is 3.17. The molecule has 0 aliphatic rings. The van der Waals surface area contributed by atoms with Crippen LogP contribution in [0, 0.1) is 0 Å². The highest BCUT2D eigenvalue weighted by atomic mass is 35.5. The van der Waals surface area contributed by atoms with E-state index in [4.69, 9.17) is 16.8 Å². The van der Waals surface area contributed by atoms with Gasteiger partial charge in [0.15, 0.2) is 5.82 Å². The number of carbonyl (C=O) groups is 2.